The van der Waals surface area contributed by atoms with Gasteiger partial charge in [0.05, 0.1) is 5.75 Å². The largest absolute Gasteiger partial charge is 0.454 e. The summed E-state index contributed by atoms with van der Waals surface area (Å²) in [7, 11) is 0. The van der Waals surface area contributed by atoms with Crippen LogP contribution in [0, 0.1) is 0 Å². The fourth-order valence-corrected chi connectivity index (χ4v) is 3.36. The van der Waals surface area contributed by atoms with E-state index in [2.05, 4.69) is 5.32 Å². The molecule has 0 fully saturated rings. The number of carbonyl (C=O) groups excluding carboxylic acids is 1. The molecule has 1 aliphatic rings. The molecule has 3 rings (SSSR count). The van der Waals surface area contributed by atoms with Crippen molar-refractivity contribution in [2.45, 2.75) is 5.75 Å². The van der Waals surface area contributed by atoms with Crippen molar-refractivity contribution in [1.82, 2.24) is 0 Å². The van der Waals surface area contributed by atoms with Crippen molar-refractivity contribution in [1.29, 1.82) is 0 Å². The monoisotopic (exact) mass is 369 g/mol. The predicted molar refractivity (Wildman–Crippen MR) is 93.8 cm³/mol. The van der Waals surface area contributed by atoms with E-state index in [1.807, 2.05) is 6.07 Å². The Hall–Kier alpha value is -1.56. The van der Waals surface area contributed by atoms with Crippen LogP contribution in [0.4, 0.5) is 5.69 Å². The van der Waals surface area contributed by atoms with E-state index in [0.29, 0.717) is 38.7 Å². The van der Waals surface area contributed by atoms with Gasteiger partial charge in [-0.3, -0.25) is 4.79 Å². The molecular weight excluding hydrogens is 357 g/mol. The number of anilines is 1. The summed E-state index contributed by atoms with van der Waals surface area (Å²) in [5, 5.41) is 4.11. The molecule has 120 valence electrons. The number of halogens is 2. The quantitative estimate of drug-likeness (QED) is 0.836. The molecule has 23 heavy (non-hydrogen) atoms. The fourth-order valence-electron chi connectivity index (χ4n) is 2.08. The highest BCUT2D eigenvalue weighted by Crippen LogP contribution is 2.34. The van der Waals surface area contributed by atoms with E-state index in [9.17, 15) is 4.79 Å². The maximum Gasteiger partial charge on any atom is 0.234 e. The molecular formula is C16H13Cl2NO3S. The van der Waals surface area contributed by atoms with Crippen molar-refractivity contribution in [2.24, 2.45) is 0 Å². The SMILES string of the molecule is O=C(CSCc1cc(Cl)ccc1Cl)Nc1ccc2c(c1)OCO2. The van der Waals surface area contributed by atoms with E-state index in [-0.39, 0.29) is 12.7 Å². The Balaban J connectivity index is 1.51. The van der Waals surface area contributed by atoms with Crippen LogP contribution in [0.15, 0.2) is 36.4 Å². The first-order valence-electron chi connectivity index (χ1n) is 6.83. The Morgan fingerprint density at radius 2 is 1.96 bits per heavy atom. The summed E-state index contributed by atoms with van der Waals surface area (Å²) < 4.78 is 10.5. The molecule has 0 saturated carbocycles. The van der Waals surface area contributed by atoms with Gasteiger partial charge in [-0.05, 0) is 35.9 Å². The Morgan fingerprint density at radius 1 is 1.13 bits per heavy atom. The van der Waals surface area contributed by atoms with Crippen LogP contribution >= 0.6 is 35.0 Å². The van der Waals surface area contributed by atoms with Crippen molar-refractivity contribution >= 4 is 46.6 Å². The van der Waals surface area contributed by atoms with E-state index in [1.54, 1.807) is 30.3 Å². The molecule has 0 radical (unpaired) electrons. The van der Waals surface area contributed by atoms with Crippen LogP contribution in [0.1, 0.15) is 5.56 Å². The van der Waals surface area contributed by atoms with Crippen LogP contribution in [0.2, 0.25) is 10.0 Å². The number of rotatable bonds is 5. The number of ether oxygens (including phenoxy) is 2. The van der Waals surface area contributed by atoms with Crippen LogP contribution in [0.3, 0.4) is 0 Å². The molecule has 2 aromatic carbocycles. The highest BCUT2D eigenvalue weighted by atomic mass is 35.5. The van der Waals surface area contributed by atoms with Crippen LogP contribution in [0.25, 0.3) is 0 Å². The molecule has 0 aromatic heterocycles. The van der Waals surface area contributed by atoms with E-state index in [4.69, 9.17) is 32.7 Å². The first kappa shape index (κ1) is 16.3. The Morgan fingerprint density at radius 3 is 2.83 bits per heavy atom. The van der Waals surface area contributed by atoms with Crippen molar-refractivity contribution in [2.75, 3.05) is 17.9 Å². The molecule has 1 heterocycles. The minimum absolute atomic E-state index is 0.0907. The minimum atomic E-state index is -0.0907. The number of amides is 1. The molecule has 0 aliphatic carbocycles. The maximum atomic E-state index is 12.0. The van der Waals surface area contributed by atoms with E-state index in [0.717, 1.165) is 5.56 Å². The molecule has 1 amide bonds. The molecule has 1 aliphatic heterocycles. The van der Waals surface area contributed by atoms with E-state index >= 15 is 0 Å². The number of benzene rings is 2. The molecule has 1 N–H and O–H groups in total. The third-order valence-electron chi connectivity index (χ3n) is 3.15. The number of thioether (sulfide) groups is 1. The van der Waals surface area contributed by atoms with Crippen molar-refractivity contribution in [3.05, 3.63) is 52.0 Å². The molecule has 0 unspecified atom stereocenters. The second-order valence-corrected chi connectivity index (χ2v) is 6.67. The summed E-state index contributed by atoms with van der Waals surface area (Å²) in [5.41, 5.74) is 1.60. The van der Waals surface area contributed by atoms with Gasteiger partial charge < -0.3 is 14.8 Å². The van der Waals surface area contributed by atoms with Crippen LogP contribution in [-0.2, 0) is 10.5 Å². The third kappa shape index (κ3) is 4.25. The van der Waals surface area contributed by atoms with Crippen molar-refractivity contribution in [3.8, 4) is 11.5 Å². The maximum absolute atomic E-state index is 12.0. The number of fused-ring (bicyclic) bond motifs is 1. The lowest BCUT2D eigenvalue weighted by Gasteiger charge is -2.07. The van der Waals surface area contributed by atoms with Gasteiger partial charge in [-0.25, -0.2) is 0 Å². The number of nitrogens with one attached hydrogen (secondary N) is 1. The topological polar surface area (TPSA) is 47.6 Å². The highest BCUT2D eigenvalue weighted by molar-refractivity contribution is 7.99. The summed E-state index contributed by atoms with van der Waals surface area (Å²) in [6.45, 7) is 0.211. The first-order valence-corrected chi connectivity index (χ1v) is 8.74. The van der Waals surface area contributed by atoms with Crippen LogP contribution < -0.4 is 14.8 Å². The molecule has 0 bridgehead atoms. The molecule has 7 heteroatoms. The minimum Gasteiger partial charge on any atom is -0.454 e. The summed E-state index contributed by atoms with van der Waals surface area (Å²) in [6, 6.07) is 10.6. The van der Waals surface area contributed by atoms with Gasteiger partial charge in [-0.1, -0.05) is 23.2 Å². The second kappa shape index (κ2) is 7.34. The number of hydrogen-bond acceptors (Lipinski definition) is 4. The zero-order valence-corrected chi connectivity index (χ0v) is 14.3. The van der Waals surface area contributed by atoms with Crippen molar-refractivity contribution < 1.29 is 14.3 Å². The zero-order chi connectivity index (χ0) is 16.2. The van der Waals surface area contributed by atoms with E-state index < -0.39 is 0 Å². The Bertz CT molecular complexity index is 739. The average molecular weight is 370 g/mol. The first-order chi connectivity index (χ1) is 11.1. The van der Waals surface area contributed by atoms with Gasteiger partial charge in [0, 0.05) is 27.6 Å². The molecule has 0 atom stereocenters. The lowest BCUT2D eigenvalue weighted by atomic mass is 10.2. The van der Waals surface area contributed by atoms with Crippen molar-refractivity contribution in [3.63, 3.8) is 0 Å². The fraction of sp³-hybridized carbons (Fsp3) is 0.188. The molecule has 4 nitrogen and oxygen atoms in total. The smallest absolute Gasteiger partial charge is 0.234 e. The normalized spacial score (nSPS) is 12.3. The lowest BCUT2D eigenvalue weighted by Crippen LogP contribution is -2.14. The number of carbonyl (C=O) groups is 1. The van der Waals surface area contributed by atoms with Gasteiger partial charge in [0.2, 0.25) is 12.7 Å². The summed E-state index contributed by atoms with van der Waals surface area (Å²) in [5.74, 6) is 2.17. The van der Waals surface area contributed by atoms with Gasteiger partial charge in [0.1, 0.15) is 0 Å². The van der Waals surface area contributed by atoms with Crippen LogP contribution in [0.5, 0.6) is 11.5 Å². The summed E-state index contributed by atoms with van der Waals surface area (Å²) >= 11 is 13.5. The van der Waals surface area contributed by atoms with Gasteiger partial charge in [0.25, 0.3) is 0 Å². The second-order valence-electron chi connectivity index (χ2n) is 4.84. The Kier molecular flexibility index (Phi) is 5.20. The van der Waals surface area contributed by atoms with Gasteiger partial charge in [-0.15, -0.1) is 11.8 Å². The Labute approximate surface area is 148 Å². The van der Waals surface area contributed by atoms with Gasteiger partial charge in [0.15, 0.2) is 11.5 Å². The third-order valence-corrected chi connectivity index (χ3v) is 4.74. The summed E-state index contributed by atoms with van der Waals surface area (Å²) in [6.07, 6.45) is 0. The molecule has 0 saturated heterocycles. The summed E-state index contributed by atoms with van der Waals surface area (Å²) in [4.78, 5) is 12.0. The highest BCUT2D eigenvalue weighted by Gasteiger charge is 2.14. The predicted octanol–water partition coefficient (Wildman–Crippen LogP) is 4.59. The number of hydrogen-bond donors (Lipinski definition) is 1. The molecule has 2 aromatic rings. The van der Waals surface area contributed by atoms with Gasteiger partial charge in [-0.2, -0.15) is 0 Å². The standard InChI is InChI=1S/C16H13Cl2NO3S/c17-11-1-3-13(18)10(5-11)7-23-8-16(20)19-12-2-4-14-15(6-12)22-9-21-14/h1-6H,7-9H2,(H,19,20). The van der Waals surface area contributed by atoms with Crippen LogP contribution in [-0.4, -0.2) is 18.5 Å². The zero-order valence-electron chi connectivity index (χ0n) is 12.0. The van der Waals surface area contributed by atoms with E-state index in [1.165, 1.54) is 11.8 Å². The average Bonchev–Trinajstić information content (AvgIpc) is 2.98. The lowest BCUT2D eigenvalue weighted by molar-refractivity contribution is -0.113. The van der Waals surface area contributed by atoms with Gasteiger partial charge >= 0.3 is 0 Å². The molecule has 0 spiro atoms.